The van der Waals surface area contributed by atoms with E-state index < -0.39 is 36.4 Å². The van der Waals surface area contributed by atoms with Gasteiger partial charge in [-0.1, -0.05) is 36.4 Å². The number of carboxylic acid groups (broad SMARTS) is 3. The molecule has 0 aliphatic heterocycles. The lowest BCUT2D eigenvalue weighted by Gasteiger charge is -2.24. The third-order valence-corrected chi connectivity index (χ3v) is 5.66. The average Bonchev–Trinajstić information content (AvgIpc) is 3.29. The Hall–Kier alpha value is -4.13. The molecule has 0 unspecified atom stereocenters. The van der Waals surface area contributed by atoms with E-state index in [2.05, 4.69) is 74.8 Å². The van der Waals surface area contributed by atoms with E-state index in [0.717, 1.165) is 32.7 Å². The van der Waals surface area contributed by atoms with Crippen LogP contribution in [-0.4, -0.2) is 95.5 Å². The van der Waals surface area contributed by atoms with Crippen LogP contribution in [0.4, 0.5) is 0 Å². The van der Waals surface area contributed by atoms with Crippen molar-refractivity contribution in [1.82, 2.24) is 24.3 Å². The van der Waals surface area contributed by atoms with Crippen molar-refractivity contribution in [2.75, 3.05) is 27.2 Å². The second kappa shape index (κ2) is 15.3. The minimum Gasteiger partial charge on any atom is -0.481 e. The van der Waals surface area contributed by atoms with E-state index in [1.807, 2.05) is 31.0 Å². The summed E-state index contributed by atoms with van der Waals surface area (Å²) in [6.07, 6.45) is 5.39. The molecule has 12 heteroatoms. The Bertz CT molecular complexity index is 1170. The van der Waals surface area contributed by atoms with E-state index >= 15 is 0 Å². The Balaban J connectivity index is 0.000000349. The zero-order valence-corrected chi connectivity index (χ0v) is 22.1. The van der Waals surface area contributed by atoms with Gasteiger partial charge in [0.1, 0.15) is 0 Å². The molecular weight excluding hydrogens is 506 g/mol. The predicted molar refractivity (Wildman–Crippen MR) is 142 cm³/mol. The van der Waals surface area contributed by atoms with Crippen LogP contribution < -0.4 is 0 Å². The van der Waals surface area contributed by atoms with Crippen molar-refractivity contribution < 1.29 is 34.8 Å². The van der Waals surface area contributed by atoms with Gasteiger partial charge in [0.25, 0.3) is 0 Å². The summed E-state index contributed by atoms with van der Waals surface area (Å²) in [4.78, 5) is 43.8. The van der Waals surface area contributed by atoms with Gasteiger partial charge in [-0.3, -0.25) is 19.5 Å². The lowest BCUT2D eigenvalue weighted by molar-refractivity contribution is -0.170. The summed E-state index contributed by atoms with van der Waals surface area (Å²) in [6, 6.07) is 14.7. The molecule has 0 fully saturated rings. The maximum atomic E-state index is 10.3. The molecule has 0 aliphatic carbocycles. The molecule has 39 heavy (non-hydrogen) atoms. The number of imidazole rings is 1. The first-order chi connectivity index (χ1) is 18.5. The largest absolute Gasteiger partial charge is 0.481 e. The molecule has 3 aromatic rings. The van der Waals surface area contributed by atoms with Crippen molar-refractivity contribution in [3.05, 3.63) is 84.2 Å². The first-order valence-corrected chi connectivity index (χ1v) is 12.2. The number of hydrogen-bond donors (Lipinski definition) is 4. The first-order valence-electron chi connectivity index (χ1n) is 12.2. The number of nitrogens with zero attached hydrogens (tertiary/aromatic N) is 5. The molecule has 0 amide bonds. The number of hydrogen-bond acceptors (Lipinski definition) is 8. The molecule has 12 nitrogen and oxygen atoms in total. The summed E-state index contributed by atoms with van der Waals surface area (Å²) in [5, 5.41) is 33.8. The van der Waals surface area contributed by atoms with Crippen LogP contribution in [0.1, 0.15) is 29.7 Å². The van der Waals surface area contributed by atoms with Crippen LogP contribution in [0.2, 0.25) is 0 Å². The molecule has 0 saturated carbocycles. The highest BCUT2D eigenvalue weighted by molar-refractivity contribution is 5.88. The van der Waals surface area contributed by atoms with Crippen molar-refractivity contribution in [3.63, 3.8) is 0 Å². The summed E-state index contributed by atoms with van der Waals surface area (Å²) < 4.78 is 2.24. The van der Waals surface area contributed by atoms with Crippen LogP contribution in [0.25, 0.3) is 0 Å². The number of carboxylic acids is 3. The Morgan fingerprint density at radius 2 is 1.49 bits per heavy atom. The van der Waals surface area contributed by atoms with Crippen molar-refractivity contribution in [2.24, 2.45) is 0 Å². The van der Waals surface area contributed by atoms with Crippen LogP contribution in [0.3, 0.4) is 0 Å². The van der Waals surface area contributed by atoms with Gasteiger partial charge in [0.05, 0.1) is 24.9 Å². The fourth-order valence-electron chi connectivity index (χ4n) is 3.65. The summed E-state index contributed by atoms with van der Waals surface area (Å²) in [5.74, 6) is -5.02. The highest BCUT2D eigenvalue weighted by atomic mass is 16.4. The van der Waals surface area contributed by atoms with Gasteiger partial charge in [-0.05, 0) is 31.3 Å². The molecule has 2 aromatic heterocycles. The number of likely N-dealkylation sites (N-methyl/N-ethyl adjacent to an activating group) is 1. The topological polar surface area (TPSA) is 169 Å². The number of aromatic nitrogens is 3. The summed E-state index contributed by atoms with van der Waals surface area (Å²) in [7, 11) is 4.23. The SMILES string of the molecule is CN(C)CCN(Cc1cccnc1)Cc1cncn1Cc1ccccc1.O=C(O)CC(O)(CC(=O)O)C(=O)O. The zero-order valence-electron chi connectivity index (χ0n) is 22.1. The quantitative estimate of drug-likeness (QED) is 0.234. The number of carbonyl (C=O) groups is 3. The third-order valence-electron chi connectivity index (χ3n) is 5.66. The second-order valence-electron chi connectivity index (χ2n) is 9.35. The van der Waals surface area contributed by atoms with Gasteiger partial charge in [0, 0.05) is 51.3 Å². The zero-order chi connectivity index (χ0) is 28.8. The summed E-state index contributed by atoms with van der Waals surface area (Å²) in [6.45, 7) is 4.63. The molecule has 1 aromatic carbocycles. The molecule has 0 spiro atoms. The third kappa shape index (κ3) is 11.4. The summed E-state index contributed by atoms with van der Waals surface area (Å²) in [5.41, 5.74) is 1.02. The number of aliphatic carboxylic acids is 3. The van der Waals surface area contributed by atoms with E-state index in [0.29, 0.717) is 0 Å². The molecule has 0 bridgehead atoms. The molecule has 210 valence electrons. The van der Waals surface area contributed by atoms with Crippen LogP contribution >= 0.6 is 0 Å². The van der Waals surface area contributed by atoms with Gasteiger partial charge in [-0.15, -0.1) is 0 Å². The first kappa shape index (κ1) is 31.1. The van der Waals surface area contributed by atoms with E-state index in [-0.39, 0.29) is 0 Å². The van der Waals surface area contributed by atoms with Gasteiger partial charge < -0.3 is 29.9 Å². The fourth-order valence-corrected chi connectivity index (χ4v) is 3.65. The van der Waals surface area contributed by atoms with Crippen molar-refractivity contribution in [1.29, 1.82) is 0 Å². The Labute approximate surface area is 226 Å². The maximum Gasteiger partial charge on any atom is 0.336 e. The van der Waals surface area contributed by atoms with Crippen molar-refractivity contribution in [3.8, 4) is 0 Å². The molecular formula is C27H35N5O7. The van der Waals surface area contributed by atoms with Gasteiger partial charge >= 0.3 is 17.9 Å². The van der Waals surface area contributed by atoms with Gasteiger partial charge in [0.15, 0.2) is 5.60 Å². The van der Waals surface area contributed by atoms with Crippen molar-refractivity contribution in [2.45, 2.75) is 38.1 Å². The molecule has 3 rings (SSSR count). The van der Waals surface area contributed by atoms with Crippen LogP contribution in [0, 0.1) is 0 Å². The highest BCUT2D eigenvalue weighted by Crippen LogP contribution is 2.16. The van der Waals surface area contributed by atoms with E-state index in [9.17, 15) is 14.4 Å². The predicted octanol–water partition coefficient (Wildman–Crippen LogP) is 1.64. The van der Waals surface area contributed by atoms with Crippen LogP contribution in [0.5, 0.6) is 0 Å². The van der Waals surface area contributed by atoms with Gasteiger partial charge in [-0.2, -0.15) is 0 Å². The molecule has 0 aliphatic rings. The standard InChI is InChI=1S/C21H27N5.C6H8O7/c1-24(2)11-12-25(15-20-9-6-10-22-13-20)17-21-14-23-18-26(21)16-19-7-4-3-5-8-19;7-3(8)1-6(13,5(11)12)2-4(9)10/h3-10,13-14,18H,11-12,15-17H2,1-2H3;13H,1-2H2,(H,7,8)(H,9,10)(H,11,12). The Morgan fingerprint density at radius 3 is 2.03 bits per heavy atom. The molecule has 4 N–H and O–H groups in total. The lowest BCUT2D eigenvalue weighted by atomic mass is 9.96. The van der Waals surface area contributed by atoms with E-state index in [1.54, 1.807) is 0 Å². The molecule has 0 atom stereocenters. The Morgan fingerprint density at radius 1 is 0.846 bits per heavy atom. The molecule has 2 heterocycles. The fraction of sp³-hybridized carbons (Fsp3) is 0.370. The van der Waals surface area contributed by atoms with Gasteiger partial charge in [-0.25, -0.2) is 9.78 Å². The molecule has 0 radical (unpaired) electrons. The van der Waals surface area contributed by atoms with Crippen molar-refractivity contribution >= 4 is 17.9 Å². The number of rotatable bonds is 14. The van der Waals surface area contributed by atoms with Crippen LogP contribution in [-0.2, 0) is 34.0 Å². The maximum absolute atomic E-state index is 10.3. The van der Waals surface area contributed by atoms with Crippen LogP contribution in [0.15, 0.2) is 67.4 Å². The minimum absolute atomic E-state index is 0.852. The monoisotopic (exact) mass is 541 g/mol. The summed E-state index contributed by atoms with van der Waals surface area (Å²) >= 11 is 0. The number of aliphatic hydroxyl groups is 1. The number of benzene rings is 1. The second-order valence-corrected chi connectivity index (χ2v) is 9.35. The molecule has 0 saturated heterocycles. The van der Waals surface area contributed by atoms with E-state index in [4.69, 9.17) is 20.4 Å². The average molecular weight is 542 g/mol. The number of pyridine rings is 1. The highest BCUT2D eigenvalue weighted by Gasteiger charge is 2.40. The normalized spacial score (nSPS) is 11.2. The lowest BCUT2D eigenvalue weighted by Crippen LogP contribution is -2.42. The van der Waals surface area contributed by atoms with E-state index in [1.165, 1.54) is 16.8 Å². The smallest absolute Gasteiger partial charge is 0.336 e. The minimum atomic E-state index is -2.74. The Kier molecular flexibility index (Phi) is 12.2. The van der Waals surface area contributed by atoms with Gasteiger partial charge in [0.2, 0.25) is 0 Å².